The second-order valence-corrected chi connectivity index (χ2v) is 6.36. The standard InChI is InChI=1S/C18H24FN3O/c1-12(2)5-4-6-13(3)21-18(23)16-11-20-22-17(16)14-7-9-15(19)10-8-14/h7-13H,4-6H2,1-3H3,(H,20,22)(H,21,23). The van der Waals surface area contributed by atoms with Gasteiger partial charge < -0.3 is 5.32 Å². The van der Waals surface area contributed by atoms with Crippen LogP contribution >= 0.6 is 0 Å². The molecule has 1 amide bonds. The van der Waals surface area contributed by atoms with Gasteiger partial charge in [0, 0.05) is 11.6 Å². The van der Waals surface area contributed by atoms with Gasteiger partial charge in [-0.3, -0.25) is 9.89 Å². The number of nitrogens with zero attached hydrogens (tertiary/aromatic N) is 1. The van der Waals surface area contributed by atoms with Gasteiger partial charge in [-0.25, -0.2) is 4.39 Å². The number of benzene rings is 1. The minimum atomic E-state index is -0.307. The van der Waals surface area contributed by atoms with Gasteiger partial charge in [-0.2, -0.15) is 5.10 Å². The lowest BCUT2D eigenvalue weighted by Crippen LogP contribution is -2.32. The van der Waals surface area contributed by atoms with Crippen LogP contribution < -0.4 is 5.32 Å². The van der Waals surface area contributed by atoms with Crippen molar-refractivity contribution in [2.45, 2.75) is 46.1 Å². The molecule has 0 saturated carbocycles. The Balaban J connectivity index is 2.00. The summed E-state index contributed by atoms with van der Waals surface area (Å²) in [6.45, 7) is 6.41. The Morgan fingerprint density at radius 3 is 2.57 bits per heavy atom. The SMILES string of the molecule is CC(C)CCCC(C)NC(=O)c1cn[nH]c1-c1ccc(F)cc1. The highest BCUT2D eigenvalue weighted by atomic mass is 19.1. The van der Waals surface area contributed by atoms with E-state index in [-0.39, 0.29) is 17.8 Å². The first-order valence-electron chi connectivity index (χ1n) is 8.07. The highest BCUT2D eigenvalue weighted by Crippen LogP contribution is 2.21. The predicted octanol–water partition coefficient (Wildman–Crippen LogP) is 4.16. The minimum Gasteiger partial charge on any atom is -0.349 e. The summed E-state index contributed by atoms with van der Waals surface area (Å²) >= 11 is 0. The summed E-state index contributed by atoms with van der Waals surface area (Å²) in [6.07, 6.45) is 4.71. The molecule has 0 radical (unpaired) electrons. The normalized spacial score (nSPS) is 12.4. The van der Waals surface area contributed by atoms with Crippen LogP contribution in [0.3, 0.4) is 0 Å². The van der Waals surface area contributed by atoms with E-state index in [9.17, 15) is 9.18 Å². The average Bonchev–Trinajstić information content (AvgIpc) is 2.97. The van der Waals surface area contributed by atoms with Crippen LogP contribution in [-0.4, -0.2) is 22.1 Å². The summed E-state index contributed by atoms with van der Waals surface area (Å²) in [4.78, 5) is 12.4. The lowest BCUT2D eigenvalue weighted by molar-refractivity contribution is 0.0938. The molecule has 2 N–H and O–H groups in total. The summed E-state index contributed by atoms with van der Waals surface area (Å²) < 4.78 is 13.0. The number of H-pyrrole nitrogens is 1. The third-order valence-corrected chi connectivity index (χ3v) is 3.81. The van der Waals surface area contributed by atoms with Gasteiger partial charge in [0.05, 0.1) is 17.5 Å². The Kier molecular flexibility index (Phi) is 5.90. The van der Waals surface area contributed by atoms with Gasteiger partial charge in [0.2, 0.25) is 0 Å². The van der Waals surface area contributed by atoms with Crippen LogP contribution in [-0.2, 0) is 0 Å². The third-order valence-electron chi connectivity index (χ3n) is 3.81. The highest BCUT2D eigenvalue weighted by molar-refractivity contribution is 5.99. The molecule has 23 heavy (non-hydrogen) atoms. The zero-order valence-electron chi connectivity index (χ0n) is 13.9. The van der Waals surface area contributed by atoms with E-state index in [0.29, 0.717) is 17.2 Å². The molecule has 1 atom stereocenters. The molecule has 5 heteroatoms. The molecule has 1 heterocycles. The fourth-order valence-electron chi connectivity index (χ4n) is 2.50. The number of nitrogens with one attached hydrogen (secondary N) is 2. The molecule has 0 aliphatic heterocycles. The monoisotopic (exact) mass is 317 g/mol. The Hall–Kier alpha value is -2.17. The first-order valence-corrected chi connectivity index (χ1v) is 8.07. The van der Waals surface area contributed by atoms with Crippen molar-refractivity contribution in [3.63, 3.8) is 0 Å². The van der Waals surface area contributed by atoms with Crippen LogP contribution in [0.15, 0.2) is 30.5 Å². The van der Waals surface area contributed by atoms with E-state index in [0.717, 1.165) is 24.8 Å². The molecule has 0 aliphatic rings. The molecule has 4 nitrogen and oxygen atoms in total. The minimum absolute atomic E-state index is 0.109. The Morgan fingerprint density at radius 2 is 1.91 bits per heavy atom. The molecule has 0 spiro atoms. The van der Waals surface area contributed by atoms with Crippen LogP contribution in [0.25, 0.3) is 11.3 Å². The molecule has 0 aliphatic carbocycles. The smallest absolute Gasteiger partial charge is 0.255 e. The van der Waals surface area contributed by atoms with E-state index in [1.54, 1.807) is 12.1 Å². The number of aromatic nitrogens is 2. The predicted molar refractivity (Wildman–Crippen MR) is 89.6 cm³/mol. The van der Waals surface area contributed by atoms with Crippen LogP contribution in [0.2, 0.25) is 0 Å². The maximum absolute atomic E-state index is 13.0. The lowest BCUT2D eigenvalue weighted by atomic mass is 10.0. The zero-order valence-corrected chi connectivity index (χ0v) is 13.9. The molecule has 1 aromatic heterocycles. The number of carbonyl (C=O) groups is 1. The summed E-state index contributed by atoms with van der Waals surface area (Å²) in [5.41, 5.74) is 1.82. The number of rotatable bonds is 7. The van der Waals surface area contributed by atoms with E-state index in [1.165, 1.54) is 18.3 Å². The summed E-state index contributed by atoms with van der Waals surface area (Å²) in [5, 5.41) is 9.78. The van der Waals surface area contributed by atoms with Gasteiger partial charge in [-0.05, 0) is 43.5 Å². The molecular weight excluding hydrogens is 293 g/mol. The number of amides is 1. The first kappa shape index (κ1) is 17.2. The Morgan fingerprint density at radius 1 is 1.22 bits per heavy atom. The first-order chi connectivity index (χ1) is 11.0. The molecular formula is C18H24FN3O. The second kappa shape index (κ2) is 7.90. The maximum Gasteiger partial charge on any atom is 0.255 e. The fraction of sp³-hybridized carbons (Fsp3) is 0.444. The van der Waals surface area contributed by atoms with E-state index in [1.807, 2.05) is 6.92 Å². The van der Waals surface area contributed by atoms with Gasteiger partial charge in [0.1, 0.15) is 5.82 Å². The molecule has 2 aromatic rings. The van der Waals surface area contributed by atoms with Gasteiger partial charge in [-0.1, -0.05) is 26.7 Å². The van der Waals surface area contributed by atoms with Crippen molar-refractivity contribution >= 4 is 5.91 Å². The number of hydrogen-bond donors (Lipinski definition) is 2. The third kappa shape index (κ3) is 4.91. The summed E-state index contributed by atoms with van der Waals surface area (Å²) in [5.74, 6) is 0.213. The Labute approximate surface area is 136 Å². The van der Waals surface area contributed by atoms with Crippen LogP contribution in [0.4, 0.5) is 4.39 Å². The van der Waals surface area contributed by atoms with Gasteiger partial charge in [-0.15, -0.1) is 0 Å². The molecule has 1 unspecified atom stereocenters. The molecule has 1 aromatic carbocycles. The van der Waals surface area contributed by atoms with Crippen molar-refractivity contribution in [3.8, 4) is 11.3 Å². The van der Waals surface area contributed by atoms with Crippen molar-refractivity contribution in [1.82, 2.24) is 15.5 Å². The number of aromatic amines is 1. The second-order valence-electron chi connectivity index (χ2n) is 6.36. The quantitative estimate of drug-likeness (QED) is 0.805. The fourth-order valence-corrected chi connectivity index (χ4v) is 2.50. The van der Waals surface area contributed by atoms with E-state index < -0.39 is 0 Å². The molecule has 2 rings (SSSR count). The average molecular weight is 317 g/mol. The number of hydrogen-bond acceptors (Lipinski definition) is 2. The maximum atomic E-state index is 13.0. The van der Waals surface area contributed by atoms with Crippen molar-refractivity contribution in [3.05, 3.63) is 41.8 Å². The number of carbonyl (C=O) groups excluding carboxylic acids is 1. The van der Waals surface area contributed by atoms with Gasteiger partial charge in [0.25, 0.3) is 5.91 Å². The molecule has 0 bridgehead atoms. The topological polar surface area (TPSA) is 57.8 Å². The molecule has 124 valence electrons. The van der Waals surface area contributed by atoms with Crippen LogP contribution in [0.5, 0.6) is 0 Å². The van der Waals surface area contributed by atoms with E-state index in [4.69, 9.17) is 0 Å². The summed E-state index contributed by atoms with van der Waals surface area (Å²) in [7, 11) is 0. The summed E-state index contributed by atoms with van der Waals surface area (Å²) in [6, 6.07) is 6.10. The van der Waals surface area contributed by atoms with Gasteiger partial charge >= 0.3 is 0 Å². The van der Waals surface area contributed by atoms with Gasteiger partial charge in [0.15, 0.2) is 0 Å². The number of halogens is 1. The lowest BCUT2D eigenvalue weighted by Gasteiger charge is -2.14. The van der Waals surface area contributed by atoms with Crippen LogP contribution in [0.1, 0.15) is 50.4 Å². The van der Waals surface area contributed by atoms with Crippen molar-refractivity contribution < 1.29 is 9.18 Å². The molecule has 0 fully saturated rings. The van der Waals surface area contributed by atoms with Crippen molar-refractivity contribution in [2.75, 3.05) is 0 Å². The van der Waals surface area contributed by atoms with E-state index in [2.05, 4.69) is 29.4 Å². The highest BCUT2D eigenvalue weighted by Gasteiger charge is 2.17. The van der Waals surface area contributed by atoms with E-state index >= 15 is 0 Å². The zero-order chi connectivity index (χ0) is 16.8. The Bertz CT molecular complexity index is 634. The largest absolute Gasteiger partial charge is 0.349 e. The van der Waals surface area contributed by atoms with Crippen molar-refractivity contribution in [1.29, 1.82) is 0 Å². The molecule has 0 saturated heterocycles. The van der Waals surface area contributed by atoms with Crippen LogP contribution in [0, 0.1) is 11.7 Å². The van der Waals surface area contributed by atoms with Crippen molar-refractivity contribution in [2.24, 2.45) is 5.92 Å².